The van der Waals surface area contributed by atoms with Gasteiger partial charge in [0.1, 0.15) is 11.4 Å². The number of benzene rings is 1. The molecule has 1 aromatic carbocycles. The zero-order chi connectivity index (χ0) is 27.5. The fraction of sp³-hybridized carbons (Fsp3) is 0.500. The smallest absolute Gasteiger partial charge is 0.340 e. The molecule has 2 saturated carbocycles. The highest BCUT2D eigenvalue weighted by Gasteiger charge is 2.35. The van der Waals surface area contributed by atoms with Crippen LogP contribution in [0, 0.1) is 0 Å². The highest BCUT2D eigenvalue weighted by Crippen LogP contribution is 2.47. The molecule has 1 aliphatic heterocycles. The van der Waals surface area contributed by atoms with Gasteiger partial charge in [-0.3, -0.25) is 4.31 Å². The molecule has 9 nitrogen and oxygen atoms in total. The number of hydrogen-bond acceptors (Lipinski definition) is 7. The van der Waals surface area contributed by atoms with Crippen molar-refractivity contribution in [2.75, 3.05) is 22.9 Å². The molecule has 3 aliphatic rings. The number of nitrogens with zero attached hydrogens (tertiary/aromatic N) is 2. The fourth-order valence-corrected chi connectivity index (χ4v) is 8.61. The number of hydrogen-bond donors (Lipinski definition) is 1. The van der Waals surface area contributed by atoms with Crippen molar-refractivity contribution >= 4 is 42.7 Å². The molecule has 6 rings (SSSR count). The second-order valence-corrected chi connectivity index (χ2v) is 15.5. The van der Waals surface area contributed by atoms with Gasteiger partial charge >= 0.3 is 5.97 Å². The summed E-state index contributed by atoms with van der Waals surface area (Å²) in [4.78, 5) is 17.0. The molecule has 1 unspecified atom stereocenters. The van der Waals surface area contributed by atoms with E-state index in [1.165, 1.54) is 9.87 Å². The van der Waals surface area contributed by atoms with E-state index in [2.05, 4.69) is 4.98 Å². The maximum Gasteiger partial charge on any atom is 0.340 e. The number of carboxylic acids is 1. The lowest BCUT2D eigenvalue weighted by Crippen LogP contribution is -2.33. The van der Waals surface area contributed by atoms with Crippen LogP contribution in [0.5, 0.6) is 0 Å². The van der Waals surface area contributed by atoms with Crippen LogP contribution in [0.25, 0.3) is 22.4 Å². The Balaban J connectivity index is 1.39. The van der Waals surface area contributed by atoms with Crippen molar-refractivity contribution in [2.24, 2.45) is 0 Å². The molecule has 1 atom stereocenters. The summed E-state index contributed by atoms with van der Waals surface area (Å²) in [5.41, 5.74) is 2.61. The lowest BCUT2D eigenvalue weighted by Gasteiger charge is -2.24. The van der Waals surface area contributed by atoms with Crippen LogP contribution >= 0.6 is 0 Å². The standard InChI is InChI=1S/C28H32N2O7S2/c1-38(33,34)30(14-2-4-21-5-3-15-39(21,35)36)26-22(19-10-11-19)16-23-24(28(31)32)25(37-27(23)29-26)20-12-8-18(9-13-20)17-6-7-17/h8-9,12-13,16-17,19,21H,2-7,10-11,14-15H2,1H3,(H,31,32). The molecule has 2 aliphatic carbocycles. The van der Waals surface area contributed by atoms with Gasteiger partial charge in [-0.1, -0.05) is 24.3 Å². The van der Waals surface area contributed by atoms with Crippen molar-refractivity contribution in [3.8, 4) is 11.3 Å². The fourth-order valence-electron chi connectivity index (χ4n) is 5.74. The molecule has 3 fully saturated rings. The molecule has 11 heteroatoms. The molecule has 0 bridgehead atoms. The van der Waals surface area contributed by atoms with Gasteiger partial charge in [0.05, 0.1) is 22.6 Å². The van der Waals surface area contributed by atoms with Gasteiger partial charge in [-0.25, -0.2) is 21.6 Å². The first-order valence-corrected chi connectivity index (χ1v) is 17.1. The van der Waals surface area contributed by atoms with Crippen LogP contribution in [0.4, 0.5) is 5.82 Å². The van der Waals surface area contributed by atoms with E-state index < -0.39 is 31.1 Å². The highest BCUT2D eigenvalue weighted by atomic mass is 32.2. The molecule has 0 amide bonds. The molecular weight excluding hydrogens is 540 g/mol. The number of sulfone groups is 1. The Bertz CT molecular complexity index is 1650. The number of aromatic carboxylic acids is 1. The number of sulfonamides is 1. The molecular formula is C28H32N2O7S2. The summed E-state index contributed by atoms with van der Waals surface area (Å²) in [5.74, 6) is 0.132. The van der Waals surface area contributed by atoms with E-state index in [4.69, 9.17) is 4.42 Å². The molecule has 0 spiro atoms. The minimum Gasteiger partial charge on any atom is -0.478 e. The largest absolute Gasteiger partial charge is 0.478 e. The second kappa shape index (κ2) is 9.62. The third-order valence-electron chi connectivity index (χ3n) is 8.13. The number of anilines is 1. The Kier molecular flexibility index (Phi) is 6.49. The molecule has 3 aromatic rings. The van der Waals surface area contributed by atoms with Gasteiger partial charge < -0.3 is 9.52 Å². The average Bonchev–Trinajstić information content (AvgIpc) is 3.80. The number of aromatic nitrogens is 1. The van der Waals surface area contributed by atoms with Gasteiger partial charge in [0.15, 0.2) is 15.6 Å². The average molecular weight is 573 g/mol. The molecule has 2 aromatic heterocycles. The van der Waals surface area contributed by atoms with E-state index >= 15 is 0 Å². The molecule has 3 heterocycles. The number of rotatable bonds is 10. The lowest BCUT2D eigenvalue weighted by molar-refractivity contribution is 0.0699. The first-order valence-electron chi connectivity index (χ1n) is 13.5. The number of carboxylic acid groups (broad SMARTS) is 1. The second-order valence-electron chi connectivity index (χ2n) is 11.1. The highest BCUT2D eigenvalue weighted by molar-refractivity contribution is 7.92. The van der Waals surface area contributed by atoms with Crippen LogP contribution in [0.1, 0.15) is 84.7 Å². The maximum absolute atomic E-state index is 13.0. The summed E-state index contributed by atoms with van der Waals surface area (Å²) in [6.07, 6.45) is 7.15. The van der Waals surface area contributed by atoms with Gasteiger partial charge in [-0.15, -0.1) is 0 Å². The maximum atomic E-state index is 13.0. The van der Waals surface area contributed by atoms with Crippen LogP contribution in [-0.2, 0) is 19.9 Å². The molecule has 39 heavy (non-hydrogen) atoms. The van der Waals surface area contributed by atoms with Crippen molar-refractivity contribution in [1.29, 1.82) is 0 Å². The Labute approximate surface area is 228 Å². The predicted octanol–water partition coefficient (Wildman–Crippen LogP) is 5.07. The zero-order valence-electron chi connectivity index (χ0n) is 21.8. The minimum atomic E-state index is -3.75. The Hall–Kier alpha value is -2.92. The summed E-state index contributed by atoms with van der Waals surface area (Å²) in [5, 5.41) is 10.1. The van der Waals surface area contributed by atoms with Gasteiger partial charge in [0.2, 0.25) is 15.7 Å². The van der Waals surface area contributed by atoms with E-state index in [1.807, 2.05) is 24.3 Å². The number of furan rings is 1. The van der Waals surface area contributed by atoms with E-state index in [0.717, 1.165) is 31.9 Å². The lowest BCUT2D eigenvalue weighted by atomic mass is 10.0. The Morgan fingerprint density at radius 1 is 1.10 bits per heavy atom. The van der Waals surface area contributed by atoms with Gasteiger partial charge in [-0.2, -0.15) is 4.98 Å². The molecule has 1 N–H and O–H groups in total. The quantitative estimate of drug-likeness (QED) is 0.356. The number of pyridine rings is 1. The molecule has 0 radical (unpaired) electrons. The van der Waals surface area contributed by atoms with E-state index in [1.54, 1.807) is 6.07 Å². The normalized spacial score (nSPS) is 20.9. The summed E-state index contributed by atoms with van der Waals surface area (Å²) >= 11 is 0. The van der Waals surface area contributed by atoms with Crippen LogP contribution in [0.2, 0.25) is 0 Å². The van der Waals surface area contributed by atoms with E-state index in [-0.39, 0.29) is 41.1 Å². The van der Waals surface area contributed by atoms with Crippen LogP contribution in [0.15, 0.2) is 34.7 Å². The summed E-state index contributed by atoms with van der Waals surface area (Å²) < 4.78 is 57.7. The third kappa shape index (κ3) is 5.18. The van der Waals surface area contributed by atoms with Crippen molar-refractivity contribution in [3.63, 3.8) is 0 Å². The van der Waals surface area contributed by atoms with E-state index in [0.29, 0.717) is 48.1 Å². The molecule has 1 saturated heterocycles. The van der Waals surface area contributed by atoms with Crippen molar-refractivity contribution in [3.05, 3.63) is 47.0 Å². The molecule has 208 valence electrons. The van der Waals surface area contributed by atoms with Gasteiger partial charge in [-0.05, 0) is 80.4 Å². The topological polar surface area (TPSA) is 135 Å². The minimum absolute atomic E-state index is 0.0162. The Morgan fingerprint density at radius 2 is 1.79 bits per heavy atom. The predicted molar refractivity (Wildman–Crippen MR) is 149 cm³/mol. The third-order valence-corrected chi connectivity index (χ3v) is 11.6. The van der Waals surface area contributed by atoms with Crippen LogP contribution in [-0.4, -0.2) is 56.7 Å². The van der Waals surface area contributed by atoms with Gasteiger partial charge in [0, 0.05) is 12.1 Å². The summed E-state index contributed by atoms with van der Waals surface area (Å²) in [6, 6.07) is 9.44. The summed E-state index contributed by atoms with van der Waals surface area (Å²) in [7, 11) is -6.88. The Morgan fingerprint density at radius 3 is 2.36 bits per heavy atom. The van der Waals surface area contributed by atoms with E-state index in [9.17, 15) is 26.7 Å². The first-order chi connectivity index (χ1) is 18.5. The van der Waals surface area contributed by atoms with Crippen LogP contribution < -0.4 is 4.31 Å². The number of carbonyl (C=O) groups is 1. The van der Waals surface area contributed by atoms with Crippen molar-refractivity contribution in [1.82, 2.24) is 4.98 Å². The van der Waals surface area contributed by atoms with Gasteiger partial charge in [0.25, 0.3) is 0 Å². The monoisotopic (exact) mass is 572 g/mol. The van der Waals surface area contributed by atoms with Crippen molar-refractivity contribution in [2.45, 2.75) is 68.5 Å². The summed E-state index contributed by atoms with van der Waals surface area (Å²) in [6.45, 7) is 0.0884. The number of fused-ring (bicyclic) bond motifs is 1. The SMILES string of the molecule is CS(=O)(=O)N(CCCC1CCCS1(=O)=O)c1nc2oc(-c3ccc(C4CC4)cc3)c(C(=O)O)c2cc1C1CC1. The first kappa shape index (κ1) is 26.3. The zero-order valence-corrected chi connectivity index (χ0v) is 23.4. The van der Waals surface area contributed by atoms with Crippen LogP contribution in [0.3, 0.4) is 0 Å². The van der Waals surface area contributed by atoms with Crippen molar-refractivity contribution < 1.29 is 31.2 Å².